The van der Waals surface area contributed by atoms with E-state index >= 15 is 0 Å². The maximum atomic E-state index is 11.5. The summed E-state index contributed by atoms with van der Waals surface area (Å²) in [6.45, 7) is 5.27. The van der Waals surface area contributed by atoms with E-state index in [1.54, 1.807) is 20.8 Å². The fourth-order valence-electron chi connectivity index (χ4n) is 1.33. The molecule has 0 aromatic heterocycles. The Morgan fingerprint density at radius 1 is 1.10 bits per heavy atom. The van der Waals surface area contributed by atoms with Gasteiger partial charge in [-0.1, -0.05) is 12.1 Å². The number of benzene rings is 1. The number of hydrazone groups is 1. The van der Waals surface area contributed by atoms with Gasteiger partial charge in [0.05, 0.1) is 11.8 Å². The number of carbonyl (C=O) groups is 3. The number of rotatable bonds is 3. The van der Waals surface area contributed by atoms with Gasteiger partial charge in [0.2, 0.25) is 0 Å². The third-order valence-corrected chi connectivity index (χ3v) is 2.23. The Morgan fingerprint density at radius 2 is 1.67 bits per heavy atom. The van der Waals surface area contributed by atoms with Crippen molar-refractivity contribution in [3.05, 3.63) is 35.4 Å². The van der Waals surface area contributed by atoms with Gasteiger partial charge in [0.15, 0.2) is 0 Å². The number of aromatic carboxylic acids is 1. The van der Waals surface area contributed by atoms with Crippen LogP contribution in [0.1, 0.15) is 36.7 Å². The standard InChI is InChI=1S/C14H17N3O4/c1-14(2,3)16-11(18)12(19)17-15-8-9-4-6-10(7-5-9)13(20)21/h4-8H,1-3H3,(H,16,18)(H,17,19)(H,20,21)/b15-8-. The Labute approximate surface area is 122 Å². The Morgan fingerprint density at radius 3 is 2.14 bits per heavy atom. The topological polar surface area (TPSA) is 108 Å². The molecule has 0 bridgehead atoms. The molecule has 0 fully saturated rings. The molecule has 0 saturated carbocycles. The van der Waals surface area contributed by atoms with Crippen LogP contribution in [0.3, 0.4) is 0 Å². The summed E-state index contributed by atoms with van der Waals surface area (Å²) < 4.78 is 0. The first-order valence-electron chi connectivity index (χ1n) is 6.18. The minimum Gasteiger partial charge on any atom is -0.478 e. The smallest absolute Gasteiger partial charge is 0.335 e. The lowest BCUT2D eigenvalue weighted by atomic mass is 10.1. The van der Waals surface area contributed by atoms with Crippen LogP contribution in [0.5, 0.6) is 0 Å². The number of hydrogen-bond acceptors (Lipinski definition) is 4. The predicted octanol–water partition coefficient (Wildman–Crippen LogP) is 0.750. The molecule has 0 saturated heterocycles. The molecule has 0 unspecified atom stereocenters. The number of carboxylic acid groups (broad SMARTS) is 1. The van der Waals surface area contributed by atoms with E-state index in [-0.39, 0.29) is 5.56 Å². The maximum Gasteiger partial charge on any atom is 0.335 e. The highest BCUT2D eigenvalue weighted by atomic mass is 16.4. The second-order valence-electron chi connectivity index (χ2n) is 5.33. The summed E-state index contributed by atoms with van der Waals surface area (Å²) in [5, 5.41) is 14.9. The van der Waals surface area contributed by atoms with Gasteiger partial charge in [-0.25, -0.2) is 10.2 Å². The fraction of sp³-hybridized carbons (Fsp3) is 0.286. The molecule has 0 radical (unpaired) electrons. The van der Waals surface area contributed by atoms with Crippen molar-refractivity contribution in [1.82, 2.24) is 10.7 Å². The lowest BCUT2D eigenvalue weighted by Crippen LogP contribution is -2.47. The Bertz CT molecular complexity index is 571. The van der Waals surface area contributed by atoms with E-state index < -0.39 is 23.3 Å². The summed E-state index contributed by atoms with van der Waals surface area (Å²) in [4.78, 5) is 33.6. The van der Waals surface area contributed by atoms with Gasteiger partial charge in [0.1, 0.15) is 0 Å². The molecule has 0 atom stereocenters. The molecule has 0 aliphatic rings. The van der Waals surface area contributed by atoms with E-state index in [4.69, 9.17) is 5.11 Å². The summed E-state index contributed by atoms with van der Waals surface area (Å²) in [6.07, 6.45) is 1.31. The van der Waals surface area contributed by atoms with Gasteiger partial charge in [-0.3, -0.25) is 9.59 Å². The molecule has 0 aliphatic carbocycles. The molecular weight excluding hydrogens is 274 g/mol. The summed E-state index contributed by atoms with van der Waals surface area (Å²) in [7, 11) is 0. The van der Waals surface area contributed by atoms with Crippen molar-refractivity contribution < 1.29 is 19.5 Å². The first-order valence-corrected chi connectivity index (χ1v) is 6.18. The SMILES string of the molecule is CC(C)(C)NC(=O)C(=O)N/N=C\c1ccc(C(=O)O)cc1. The van der Waals surface area contributed by atoms with Crippen molar-refractivity contribution in [2.45, 2.75) is 26.3 Å². The highest BCUT2D eigenvalue weighted by Gasteiger charge is 2.19. The molecule has 0 spiro atoms. The van der Waals surface area contributed by atoms with Gasteiger partial charge in [-0.05, 0) is 38.5 Å². The molecule has 0 heterocycles. The predicted molar refractivity (Wildman–Crippen MR) is 77.0 cm³/mol. The first kappa shape index (κ1) is 16.4. The zero-order valence-electron chi connectivity index (χ0n) is 12.0. The lowest BCUT2D eigenvalue weighted by Gasteiger charge is -2.19. The van der Waals surface area contributed by atoms with Crippen molar-refractivity contribution >= 4 is 24.0 Å². The van der Waals surface area contributed by atoms with Crippen LogP contribution >= 0.6 is 0 Å². The molecule has 21 heavy (non-hydrogen) atoms. The van der Waals surface area contributed by atoms with Crippen LogP contribution in [-0.2, 0) is 9.59 Å². The van der Waals surface area contributed by atoms with E-state index in [0.717, 1.165) is 0 Å². The van der Waals surface area contributed by atoms with Crippen molar-refractivity contribution in [2.24, 2.45) is 5.10 Å². The van der Waals surface area contributed by atoms with E-state index in [9.17, 15) is 14.4 Å². The van der Waals surface area contributed by atoms with E-state index in [2.05, 4.69) is 15.8 Å². The molecule has 7 nitrogen and oxygen atoms in total. The van der Waals surface area contributed by atoms with Gasteiger partial charge >= 0.3 is 17.8 Å². The van der Waals surface area contributed by atoms with Crippen molar-refractivity contribution in [2.75, 3.05) is 0 Å². The number of carbonyl (C=O) groups excluding carboxylic acids is 2. The van der Waals surface area contributed by atoms with Crippen LogP contribution in [0.15, 0.2) is 29.4 Å². The third kappa shape index (κ3) is 5.85. The minimum atomic E-state index is -1.02. The van der Waals surface area contributed by atoms with E-state index in [0.29, 0.717) is 5.56 Å². The highest BCUT2D eigenvalue weighted by Crippen LogP contribution is 2.02. The van der Waals surface area contributed by atoms with Crippen LogP contribution in [0.4, 0.5) is 0 Å². The average Bonchev–Trinajstić information content (AvgIpc) is 2.37. The van der Waals surface area contributed by atoms with Gasteiger partial charge in [-0.15, -0.1) is 0 Å². The molecule has 7 heteroatoms. The monoisotopic (exact) mass is 291 g/mol. The zero-order chi connectivity index (χ0) is 16.0. The Hall–Kier alpha value is -2.70. The highest BCUT2D eigenvalue weighted by molar-refractivity contribution is 6.35. The molecule has 112 valence electrons. The van der Waals surface area contributed by atoms with Gasteiger partial charge in [0, 0.05) is 5.54 Å². The number of nitrogens with one attached hydrogen (secondary N) is 2. The maximum absolute atomic E-state index is 11.5. The average molecular weight is 291 g/mol. The number of amides is 2. The van der Waals surface area contributed by atoms with Gasteiger partial charge in [-0.2, -0.15) is 5.10 Å². The minimum absolute atomic E-state index is 0.153. The number of hydrogen-bond donors (Lipinski definition) is 3. The summed E-state index contributed by atoms with van der Waals surface area (Å²) in [5.74, 6) is -2.67. The molecule has 1 aromatic rings. The first-order chi connectivity index (χ1) is 9.69. The molecule has 3 N–H and O–H groups in total. The van der Waals surface area contributed by atoms with Crippen molar-refractivity contribution in [3.63, 3.8) is 0 Å². The summed E-state index contributed by atoms with van der Waals surface area (Å²) in [6, 6.07) is 5.90. The van der Waals surface area contributed by atoms with Crippen LogP contribution in [-0.4, -0.2) is 34.6 Å². The Balaban J connectivity index is 2.56. The third-order valence-electron chi connectivity index (χ3n) is 2.23. The van der Waals surface area contributed by atoms with Crippen LogP contribution < -0.4 is 10.7 Å². The number of carboxylic acids is 1. The second-order valence-corrected chi connectivity index (χ2v) is 5.33. The van der Waals surface area contributed by atoms with E-state index in [1.807, 2.05) is 0 Å². The molecular formula is C14H17N3O4. The van der Waals surface area contributed by atoms with Crippen LogP contribution in [0.2, 0.25) is 0 Å². The molecule has 1 aromatic carbocycles. The van der Waals surface area contributed by atoms with Crippen molar-refractivity contribution in [1.29, 1.82) is 0 Å². The van der Waals surface area contributed by atoms with E-state index in [1.165, 1.54) is 30.5 Å². The molecule has 0 aliphatic heterocycles. The van der Waals surface area contributed by atoms with Crippen LogP contribution in [0.25, 0.3) is 0 Å². The largest absolute Gasteiger partial charge is 0.478 e. The Kier molecular flexibility index (Phi) is 5.18. The van der Waals surface area contributed by atoms with Crippen molar-refractivity contribution in [3.8, 4) is 0 Å². The number of nitrogens with zero attached hydrogens (tertiary/aromatic N) is 1. The molecule has 1 rings (SSSR count). The van der Waals surface area contributed by atoms with Gasteiger partial charge in [0.25, 0.3) is 0 Å². The fourth-order valence-corrected chi connectivity index (χ4v) is 1.33. The normalized spacial score (nSPS) is 11.2. The summed E-state index contributed by atoms with van der Waals surface area (Å²) in [5.41, 5.74) is 2.33. The lowest BCUT2D eigenvalue weighted by molar-refractivity contribution is -0.140. The molecule has 2 amide bonds. The second kappa shape index (κ2) is 6.65. The summed E-state index contributed by atoms with van der Waals surface area (Å²) >= 11 is 0. The zero-order valence-corrected chi connectivity index (χ0v) is 12.0. The quantitative estimate of drug-likeness (QED) is 0.434. The van der Waals surface area contributed by atoms with Crippen LogP contribution in [0, 0.1) is 0 Å². The van der Waals surface area contributed by atoms with Gasteiger partial charge < -0.3 is 10.4 Å².